The van der Waals surface area contributed by atoms with Crippen LogP contribution < -0.4 is 0 Å². The van der Waals surface area contributed by atoms with Crippen LogP contribution in [-0.4, -0.2) is 32.4 Å². The summed E-state index contributed by atoms with van der Waals surface area (Å²) >= 11 is 3.56. The number of imidazole rings is 1. The summed E-state index contributed by atoms with van der Waals surface area (Å²) in [6.07, 6.45) is 6.56. The molecule has 4 aromatic rings. The average Bonchev–Trinajstić information content (AvgIpc) is 3.31. The molecular weight excluding hydrogens is 348 g/mol. The highest BCUT2D eigenvalue weighted by Crippen LogP contribution is 2.39. The van der Waals surface area contributed by atoms with E-state index in [-0.39, 0.29) is 5.41 Å². The molecule has 4 heterocycles. The van der Waals surface area contributed by atoms with Gasteiger partial charge >= 0.3 is 0 Å². The molecule has 25 heavy (non-hydrogen) atoms. The Hall–Kier alpha value is -1.76. The zero-order valence-electron chi connectivity index (χ0n) is 14.2. The van der Waals surface area contributed by atoms with Crippen molar-refractivity contribution in [3.8, 4) is 0 Å². The van der Waals surface area contributed by atoms with Crippen LogP contribution in [0, 0.1) is 0 Å². The first-order valence-corrected chi connectivity index (χ1v) is 10.4. The van der Waals surface area contributed by atoms with Crippen molar-refractivity contribution in [1.82, 2.24) is 19.3 Å². The number of nitrogens with zero attached hydrogens (tertiary/aromatic N) is 4. The lowest BCUT2D eigenvalue weighted by Gasteiger charge is -2.37. The van der Waals surface area contributed by atoms with Crippen LogP contribution in [0.15, 0.2) is 42.0 Å². The molecule has 0 spiro atoms. The Morgan fingerprint density at radius 1 is 1.16 bits per heavy atom. The van der Waals surface area contributed by atoms with Crippen LogP contribution in [0.1, 0.15) is 30.5 Å². The Morgan fingerprint density at radius 3 is 2.80 bits per heavy atom. The molecule has 0 amide bonds. The number of thiazole rings is 2. The van der Waals surface area contributed by atoms with Crippen LogP contribution in [0.5, 0.6) is 0 Å². The lowest BCUT2D eigenvalue weighted by molar-refractivity contribution is 0.160. The lowest BCUT2D eigenvalue weighted by atomic mass is 9.81. The van der Waals surface area contributed by atoms with Gasteiger partial charge in [0.2, 0.25) is 0 Å². The van der Waals surface area contributed by atoms with Crippen LogP contribution in [0.3, 0.4) is 0 Å². The highest BCUT2D eigenvalue weighted by atomic mass is 32.1. The monoisotopic (exact) mass is 368 g/mol. The van der Waals surface area contributed by atoms with Gasteiger partial charge < -0.3 is 0 Å². The van der Waals surface area contributed by atoms with Gasteiger partial charge in [-0.2, -0.15) is 0 Å². The Morgan fingerprint density at radius 2 is 2.00 bits per heavy atom. The van der Waals surface area contributed by atoms with E-state index >= 15 is 0 Å². The van der Waals surface area contributed by atoms with E-state index in [0.717, 1.165) is 43.0 Å². The van der Waals surface area contributed by atoms with Crippen molar-refractivity contribution in [3.63, 3.8) is 0 Å². The number of piperidine rings is 1. The third-order valence-electron chi connectivity index (χ3n) is 5.30. The van der Waals surface area contributed by atoms with Gasteiger partial charge in [-0.15, -0.1) is 22.7 Å². The molecule has 1 aliphatic rings. The zero-order valence-corrected chi connectivity index (χ0v) is 15.8. The van der Waals surface area contributed by atoms with Crippen LogP contribution in [0.25, 0.3) is 15.2 Å². The molecular formula is C19H20N4S2. The Bertz CT molecular complexity index is 959. The van der Waals surface area contributed by atoms with E-state index in [0.29, 0.717) is 0 Å². The number of hydrogen-bond acceptors (Lipinski definition) is 5. The molecule has 0 aliphatic carbocycles. The van der Waals surface area contributed by atoms with Crippen LogP contribution in [-0.2, 0) is 12.0 Å². The summed E-state index contributed by atoms with van der Waals surface area (Å²) in [6, 6.07) is 8.48. The SMILES string of the molecule is CC1(c2nc3ccccc3s2)CCN(Cc2cn3ccsc3n2)CC1. The smallest absolute Gasteiger partial charge is 0.193 e. The number of aromatic nitrogens is 3. The van der Waals surface area contributed by atoms with Crippen molar-refractivity contribution in [2.75, 3.05) is 13.1 Å². The molecule has 0 bridgehead atoms. The Balaban J connectivity index is 1.30. The minimum atomic E-state index is 0.203. The van der Waals surface area contributed by atoms with E-state index in [4.69, 9.17) is 9.97 Å². The van der Waals surface area contributed by atoms with Gasteiger partial charge in [0.15, 0.2) is 4.96 Å². The fourth-order valence-electron chi connectivity index (χ4n) is 3.63. The summed E-state index contributed by atoms with van der Waals surface area (Å²) in [5.74, 6) is 0. The van der Waals surface area contributed by atoms with Crippen LogP contribution in [0.4, 0.5) is 0 Å². The molecule has 0 saturated carbocycles. The van der Waals surface area contributed by atoms with Gasteiger partial charge in [-0.3, -0.25) is 9.30 Å². The summed E-state index contributed by atoms with van der Waals surface area (Å²) < 4.78 is 3.43. The standard InChI is InChI=1S/C19H20N4S2/c1-19(17-21-15-4-2-3-5-16(15)25-17)6-8-22(9-7-19)12-14-13-23-10-11-24-18(23)20-14/h2-5,10-11,13H,6-9,12H2,1H3. The summed E-state index contributed by atoms with van der Waals surface area (Å²) in [5.41, 5.74) is 2.52. The fourth-order valence-corrected chi connectivity index (χ4v) is 5.52. The first-order chi connectivity index (χ1) is 12.2. The molecule has 128 valence electrons. The largest absolute Gasteiger partial charge is 0.297 e. The van der Waals surface area contributed by atoms with Crippen LogP contribution in [0.2, 0.25) is 0 Å². The number of hydrogen-bond donors (Lipinski definition) is 0. The average molecular weight is 369 g/mol. The normalized spacial score (nSPS) is 18.3. The quantitative estimate of drug-likeness (QED) is 0.531. The second kappa shape index (κ2) is 5.90. The van der Waals surface area contributed by atoms with Gasteiger partial charge in [0.05, 0.1) is 20.9 Å². The number of rotatable bonds is 3. The molecule has 1 aliphatic heterocycles. The molecule has 0 radical (unpaired) electrons. The molecule has 5 rings (SSSR count). The van der Waals surface area contributed by atoms with E-state index < -0.39 is 0 Å². The molecule has 0 unspecified atom stereocenters. The van der Waals surface area contributed by atoms with Gasteiger partial charge in [-0.25, -0.2) is 9.97 Å². The third kappa shape index (κ3) is 2.78. The highest BCUT2D eigenvalue weighted by molar-refractivity contribution is 7.18. The second-order valence-corrected chi connectivity index (χ2v) is 9.05. The van der Waals surface area contributed by atoms with E-state index in [1.165, 1.54) is 15.4 Å². The molecule has 1 aromatic carbocycles. The zero-order chi connectivity index (χ0) is 16.9. The molecule has 0 atom stereocenters. The maximum atomic E-state index is 4.92. The minimum Gasteiger partial charge on any atom is -0.297 e. The topological polar surface area (TPSA) is 33.4 Å². The van der Waals surface area contributed by atoms with Gasteiger partial charge in [0.25, 0.3) is 0 Å². The molecule has 6 heteroatoms. The van der Waals surface area contributed by atoms with E-state index in [9.17, 15) is 0 Å². The lowest BCUT2D eigenvalue weighted by Crippen LogP contribution is -2.40. The van der Waals surface area contributed by atoms with Crippen molar-refractivity contribution in [1.29, 1.82) is 0 Å². The summed E-state index contributed by atoms with van der Waals surface area (Å²) in [7, 11) is 0. The van der Waals surface area contributed by atoms with E-state index in [2.05, 4.69) is 58.3 Å². The van der Waals surface area contributed by atoms with E-state index in [1.807, 2.05) is 11.3 Å². The number of benzene rings is 1. The fraction of sp³-hybridized carbons (Fsp3) is 0.368. The Labute approximate surface area is 154 Å². The first-order valence-electron chi connectivity index (χ1n) is 8.69. The summed E-state index contributed by atoms with van der Waals surface area (Å²) in [5, 5.41) is 3.38. The predicted octanol–water partition coefficient (Wildman–Crippen LogP) is 4.56. The minimum absolute atomic E-state index is 0.203. The van der Waals surface area contributed by atoms with Gasteiger partial charge in [0, 0.05) is 29.7 Å². The molecule has 4 nitrogen and oxygen atoms in total. The Kier molecular flexibility index (Phi) is 3.66. The van der Waals surface area contributed by atoms with Crippen LogP contribution >= 0.6 is 22.7 Å². The van der Waals surface area contributed by atoms with Crippen molar-refractivity contribution in [2.45, 2.75) is 31.7 Å². The molecule has 1 saturated heterocycles. The van der Waals surface area contributed by atoms with Crippen molar-refractivity contribution >= 4 is 37.9 Å². The van der Waals surface area contributed by atoms with Gasteiger partial charge in [0.1, 0.15) is 0 Å². The molecule has 3 aromatic heterocycles. The van der Waals surface area contributed by atoms with Gasteiger partial charge in [-0.1, -0.05) is 19.1 Å². The number of likely N-dealkylation sites (tertiary alicyclic amines) is 1. The molecule has 1 fully saturated rings. The number of fused-ring (bicyclic) bond motifs is 2. The number of para-hydroxylation sites is 1. The highest BCUT2D eigenvalue weighted by Gasteiger charge is 2.34. The maximum absolute atomic E-state index is 4.92. The maximum Gasteiger partial charge on any atom is 0.193 e. The first kappa shape index (κ1) is 15.5. The summed E-state index contributed by atoms with van der Waals surface area (Å²) in [4.78, 5) is 13.3. The second-order valence-electron chi connectivity index (χ2n) is 7.15. The summed E-state index contributed by atoms with van der Waals surface area (Å²) in [6.45, 7) is 5.55. The third-order valence-corrected chi connectivity index (χ3v) is 7.41. The van der Waals surface area contributed by atoms with Crippen molar-refractivity contribution in [3.05, 3.63) is 52.7 Å². The van der Waals surface area contributed by atoms with Gasteiger partial charge in [-0.05, 0) is 38.1 Å². The van der Waals surface area contributed by atoms with E-state index in [1.54, 1.807) is 11.3 Å². The van der Waals surface area contributed by atoms with Crippen molar-refractivity contribution < 1.29 is 0 Å². The molecule has 0 N–H and O–H groups in total. The van der Waals surface area contributed by atoms with Crippen molar-refractivity contribution in [2.24, 2.45) is 0 Å². The predicted molar refractivity (Wildman–Crippen MR) is 105 cm³/mol.